The number of ether oxygens (including phenoxy) is 2. The normalized spacial score (nSPS) is 19.0. The van der Waals surface area contributed by atoms with Gasteiger partial charge in [-0.05, 0) is 36.1 Å². The molecule has 0 spiro atoms. The number of benzene rings is 4. The van der Waals surface area contributed by atoms with E-state index in [1.165, 1.54) is 0 Å². The van der Waals surface area contributed by atoms with Gasteiger partial charge in [0.25, 0.3) is 0 Å². The summed E-state index contributed by atoms with van der Waals surface area (Å²) in [4.78, 5) is 0. The van der Waals surface area contributed by atoms with Crippen LogP contribution in [0.2, 0.25) is 0 Å². The second-order valence-corrected chi connectivity index (χ2v) is 9.78. The summed E-state index contributed by atoms with van der Waals surface area (Å²) >= 11 is 0. The Hall–Kier alpha value is -4.22. The third-order valence-corrected chi connectivity index (χ3v) is 7.22. The van der Waals surface area contributed by atoms with Gasteiger partial charge in [-0.25, -0.2) is 0 Å². The Kier molecular flexibility index (Phi) is 6.40. The Labute approximate surface area is 218 Å². The van der Waals surface area contributed by atoms with E-state index in [9.17, 15) is 10.5 Å². The molecule has 1 fully saturated rings. The highest BCUT2D eigenvalue weighted by molar-refractivity contribution is 5.53. The Balaban J connectivity index is 1.84. The fraction of sp³-hybridized carbons (Fsp3) is 0.212. The van der Waals surface area contributed by atoms with Crippen molar-refractivity contribution >= 4 is 0 Å². The third-order valence-electron chi connectivity index (χ3n) is 7.22. The average molecular weight is 485 g/mol. The van der Waals surface area contributed by atoms with E-state index in [0.717, 1.165) is 22.3 Å². The lowest BCUT2D eigenvalue weighted by atomic mass is 9.62. The number of nitriles is 2. The van der Waals surface area contributed by atoms with Crippen molar-refractivity contribution in [1.29, 1.82) is 10.5 Å². The first kappa shape index (κ1) is 24.5. The molecule has 0 radical (unpaired) electrons. The molecule has 1 saturated heterocycles. The van der Waals surface area contributed by atoms with E-state index in [1.54, 1.807) is 0 Å². The molecule has 37 heavy (non-hydrogen) atoms. The predicted octanol–water partition coefficient (Wildman–Crippen LogP) is 6.53. The molecule has 0 aromatic heterocycles. The van der Waals surface area contributed by atoms with Gasteiger partial charge in [0.05, 0.1) is 12.1 Å². The highest BCUT2D eigenvalue weighted by atomic mass is 16.8. The summed E-state index contributed by atoms with van der Waals surface area (Å²) in [5, 5.41) is 22.1. The van der Waals surface area contributed by atoms with Crippen molar-refractivity contribution in [3.05, 3.63) is 144 Å². The molecule has 0 saturated carbocycles. The Morgan fingerprint density at radius 3 is 0.973 bits per heavy atom. The van der Waals surface area contributed by atoms with E-state index < -0.39 is 28.8 Å². The predicted molar refractivity (Wildman–Crippen MR) is 142 cm³/mol. The number of hydrogen-bond donors (Lipinski definition) is 0. The molecule has 1 heterocycles. The van der Waals surface area contributed by atoms with E-state index in [1.807, 2.05) is 135 Å². The van der Waals surface area contributed by atoms with E-state index >= 15 is 0 Å². The van der Waals surface area contributed by atoms with Gasteiger partial charge in [0, 0.05) is 0 Å². The molecule has 182 valence electrons. The van der Waals surface area contributed by atoms with Crippen LogP contribution in [0.25, 0.3) is 0 Å². The van der Waals surface area contributed by atoms with Crippen LogP contribution < -0.4 is 0 Å². The summed E-state index contributed by atoms with van der Waals surface area (Å²) < 4.78 is 13.4. The fourth-order valence-corrected chi connectivity index (χ4v) is 5.57. The lowest BCUT2D eigenvalue weighted by Crippen LogP contribution is -2.54. The molecule has 0 amide bonds. The zero-order valence-electron chi connectivity index (χ0n) is 20.9. The van der Waals surface area contributed by atoms with Gasteiger partial charge in [-0.1, -0.05) is 121 Å². The molecule has 0 aliphatic carbocycles. The molecule has 1 aliphatic heterocycles. The van der Waals surface area contributed by atoms with Gasteiger partial charge in [-0.15, -0.1) is 0 Å². The maximum atomic E-state index is 11.0. The minimum absolute atomic E-state index is 0.785. The Bertz CT molecular complexity index is 1230. The van der Waals surface area contributed by atoms with E-state index in [2.05, 4.69) is 12.1 Å². The maximum absolute atomic E-state index is 11.0. The minimum atomic E-state index is -1.24. The minimum Gasteiger partial charge on any atom is -0.342 e. The largest absolute Gasteiger partial charge is 0.342 e. The van der Waals surface area contributed by atoms with Crippen LogP contribution in [-0.2, 0) is 20.3 Å². The van der Waals surface area contributed by atoms with Crippen molar-refractivity contribution in [2.75, 3.05) is 0 Å². The molecule has 4 nitrogen and oxygen atoms in total. The lowest BCUT2D eigenvalue weighted by Gasteiger charge is -2.41. The van der Waals surface area contributed by atoms with Crippen LogP contribution in [0.4, 0.5) is 0 Å². The first-order chi connectivity index (χ1) is 18.0. The van der Waals surface area contributed by atoms with E-state index in [0.29, 0.717) is 0 Å². The topological polar surface area (TPSA) is 66.0 Å². The summed E-state index contributed by atoms with van der Waals surface area (Å²) in [6.07, 6.45) is -1.62. The first-order valence-electron chi connectivity index (χ1n) is 12.4. The summed E-state index contributed by atoms with van der Waals surface area (Å²) in [5.74, 6) is -1.04. The number of rotatable bonds is 6. The van der Waals surface area contributed by atoms with Gasteiger partial charge < -0.3 is 9.47 Å². The molecule has 4 aromatic carbocycles. The van der Waals surface area contributed by atoms with Crippen molar-refractivity contribution in [3.63, 3.8) is 0 Å². The van der Waals surface area contributed by atoms with Crippen LogP contribution in [0, 0.1) is 22.7 Å². The number of nitrogens with zero attached hydrogens (tertiary/aromatic N) is 2. The van der Waals surface area contributed by atoms with Gasteiger partial charge in [0.1, 0.15) is 23.0 Å². The average Bonchev–Trinajstić information content (AvgIpc) is 3.28. The van der Waals surface area contributed by atoms with Crippen LogP contribution >= 0.6 is 0 Å². The summed E-state index contributed by atoms with van der Waals surface area (Å²) in [6.45, 7) is 3.69. The molecule has 4 aromatic rings. The van der Waals surface area contributed by atoms with Gasteiger partial charge >= 0.3 is 0 Å². The van der Waals surface area contributed by atoms with Crippen LogP contribution in [0.5, 0.6) is 0 Å². The molecule has 4 heteroatoms. The number of hydrogen-bond acceptors (Lipinski definition) is 4. The maximum Gasteiger partial charge on any atom is 0.163 e. The SMILES string of the molecule is CC1(C)O[C@@H](C(C#N)(c2ccccc2)c2ccccc2)[C@H](C(C#N)(c2ccccc2)c2ccccc2)O1. The molecule has 0 unspecified atom stereocenters. The lowest BCUT2D eigenvalue weighted by molar-refractivity contribution is -0.151. The van der Waals surface area contributed by atoms with Crippen LogP contribution in [-0.4, -0.2) is 18.0 Å². The zero-order chi connectivity index (χ0) is 25.9. The van der Waals surface area contributed by atoms with Crippen LogP contribution in [0.15, 0.2) is 121 Å². The molecule has 0 bridgehead atoms. The molecule has 2 atom stereocenters. The van der Waals surface area contributed by atoms with Crippen molar-refractivity contribution < 1.29 is 9.47 Å². The van der Waals surface area contributed by atoms with E-state index in [4.69, 9.17) is 9.47 Å². The fourth-order valence-electron chi connectivity index (χ4n) is 5.57. The van der Waals surface area contributed by atoms with Gasteiger partial charge in [0.2, 0.25) is 0 Å². The van der Waals surface area contributed by atoms with Gasteiger partial charge in [0.15, 0.2) is 5.79 Å². The summed E-state index contributed by atoms with van der Waals surface area (Å²) in [5.41, 5.74) is 0.654. The molecular formula is C33H28N2O2. The van der Waals surface area contributed by atoms with Crippen molar-refractivity contribution in [2.45, 2.75) is 42.7 Å². The second kappa shape index (κ2) is 9.68. The van der Waals surface area contributed by atoms with Crippen LogP contribution in [0.1, 0.15) is 36.1 Å². The van der Waals surface area contributed by atoms with Gasteiger partial charge in [-0.2, -0.15) is 10.5 Å². The Morgan fingerprint density at radius 2 is 0.757 bits per heavy atom. The molecule has 0 N–H and O–H groups in total. The standard InChI is InChI=1S/C33H28N2O2/c1-31(2)36-29(32(23-34,25-15-7-3-8-16-25)26-17-9-4-10-18-26)30(37-31)33(24-35,27-19-11-5-12-20-27)28-21-13-6-14-22-28/h3-22,29-30H,1-2H3/t29-,30-/m1/s1. The monoisotopic (exact) mass is 484 g/mol. The van der Waals surface area contributed by atoms with Gasteiger partial charge in [-0.3, -0.25) is 0 Å². The highest BCUT2D eigenvalue weighted by Crippen LogP contribution is 2.51. The zero-order valence-corrected chi connectivity index (χ0v) is 20.9. The summed E-state index contributed by atoms with van der Waals surface area (Å²) in [6, 6.07) is 43.9. The van der Waals surface area contributed by atoms with Crippen molar-refractivity contribution in [1.82, 2.24) is 0 Å². The first-order valence-corrected chi connectivity index (χ1v) is 12.4. The third kappa shape index (κ3) is 4.02. The highest BCUT2D eigenvalue weighted by Gasteiger charge is 2.62. The summed E-state index contributed by atoms with van der Waals surface area (Å²) in [7, 11) is 0. The molecule has 1 aliphatic rings. The van der Waals surface area contributed by atoms with Crippen molar-refractivity contribution in [3.8, 4) is 12.1 Å². The molecular weight excluding hydrogens is 456 g/mol. The Morgan fingerprint density at radius 1 is 0.514 bits per heavy atom. The second-order valence-electron chi connectivity index (χ2n) is 9.78. The van der Waals surface area contributed by atoms with Crippen LogP contribution in [0.3, 0.4) is 0 Å². The molecule has 5 rings (SSSR count). The van der Waals surface area contributed by atoms with Crippen molar-refractivity contribution in [2.24, 2.45) is 0 Å². The van der Waals surface area contributed by atoms with E-state index in [-0.39, 0.29) is 0 Å². The smallest absolute Gasteiger partial charge is 0.163 e. The quantitative estimate of drug-likeness (QED) is 0.312.